The van der Waals surface area contributed by atoms with Crippen LogP contribution < -0.4 is 4.43 Å². The number of Topliss-reactive ketones (excluding diaryl/α,β-unsaturated/α-hetero) is 1. The zero-order valence-corrected chi connectivity index (χ0v) is 16.4. The van der Waals surface area contributed by atoms with Gasteiger partial charge in [-0.05, 0) is 42.2 Å². The molecule has 0 aliphatic rings. The molecule has 2 aromatic carbocycles. The number of hydrogen-bond donors (Lipinski definition) is 0. The van der Waals surface area contributed by atoms with Gasteiger partial charge < -0.3 is 4.43 Å². The fourth-order valence-electron chi connectivity index (χ4n) is 2.24. The van der Waals surface area contributed by atoms with Crippen molar-refractivity contribution >= 4 is 14.1 Å². The van der Waals surface area contributed by atoms with Crippen LogP contribution in [0.25, 0.3) is 0 Å². The maximum absolute atomic E-state index is 12.2. The first-order valence-corrected chi connectivity index (χ1v) is 11.5. The zero-order chi connectivity index (χ0) is 17.8. The third kappa shape index (κ3) is 4.81. The summed E-state index contributed by atoms with van der Waals surface area (Å²) in [5.41, 5.74) is 1.93. The molecule has 0 fully saturated rings. The molecule has 3 heteroatoms. The molecule has 0 bridgehead atoms. The summed E-state index contributed by atoms with van der Waals surface area (Å²) in [6.45, 7) is 11.2. The quantitative estimate of drug-likeness (QED) is 0.484. The molecule has 0 aromatic heterocycles. The normalized spacial score (nSPS) is 12.0. The van der Waals surface area contributed by atoms with Crippen molar-refractivity contribution in [3.8, 4) is 5.75 Å². The van der Waals surface area contributed by atoms with Gasteiger partial charge in [0, 0.05) is 12.0 Å². The highest BCUT2D eigenvalue weighted by Crippen LogP contribution is 2.37. The monoisotopic (exact) mass is 340 g/mol. The van der Waals surface area contributed by atoms with Crippen LogP contribution in [0.2, 0.25) is 18.1 Å². The van der Waals surface area contributed by atoms with Gasteiger partial charge in [-0.3, -0.25) is 4.79 Å². The van der Waals surface area contributed by atoms with Crippen LogP contribution in [0.15, 0.2) is 54.6 Å². The van der Waals surface area contributed by atoms with Crippen molar-refractivity contribution in [1.82, 2.24) is 0 Å². The van der Waals surface area contributed by atoms with Crippen LogP contribution in [0, 0.1) is 0 Å². The van der Waals surface area contributed by atoms with E-state index >= 15 is 0 Å². The van der Waals surface area contributed by atoms with Gasteiger partial charge in [-0.2, -0.15) is 0 Å². The summed E-state index contributed by atoms with van der Waals surface area (Å²) < 4.78 is 6.35. The molecule has 0 atom stereocenters. The van der Waals surface area contributed by atoms with E-state index in [2.05, 4.69) is 46.0 Å². The van der Waals surface area contributed by atoms with Crippen molar-refractivity contribution in [3.05, 3.63) is 65.7 Å². The van der Waals surface area contributed by atoms with Crippen molar-refractivity contribution in [2.45, 2.75) is 51.7 Å². The number of aryl methyl sites for hydroxylation is 1. The Bertz CT molecular complexity index is 684. The standard InChI is InChI=1S/C21H28O2Si/c1-21(2,3)24(4,5)23-19-13-9-10-17(16-19)14-15-20(22)18-11-7-6-8-12-18/h6-13,16H,14-15H2,1-5H3. The van der Waals surface area contributed by atoms with Gasteiger partial charge in [0.15, 0.2) is 5.78 Å². The predicted octanol–water partition coefficient (Wildman–Crippen LogP) is 5.89. The highest BCUT2D eigenvalue weighted by Gasteiger charge is 2.38. The van der Waals surface area contributed by atoms with Crippen LogP contribution in [-0.4, -0.2) is 14.1 Å². The maximum atomic E-state index is 12.2. The highest BCUT2D eigenvalue weighted by molar-refractivity contribution is 6.74. The summed E-state index contributed by atoms with van der Waals surface area (Å²) in [5, 5.41) is 0.173. The molecule has 0 aliphatic heterocycles. The third-order valence-corrected chi connectivity index (χ3v) is 9.17. The Morgan fingerprint density at radius 2 is 1.67 bits per heavy atom. The van der Waals surface area contributed by atoms with Crippen molar-refractivity contribution in [1.29, 1.82) is 0 Å². The topological polar surface area (TPSA) is 26.3 Å². The SMILES string of the molecule is CC(C)(C)[Si](C)(C)Oc1cccc(CCC(=O)c2ccccc2)c1. The van der Waals surface area contributed by atoms with Crippen LogP contribution in [0.4, 0.5) is 0 Å². The molecule has 0 heterocycles. The van der Waals surface area contributed by atoms with Gasteiger partial charge in [0.2, 0.25) is 8.32 Å². The lowest BCUT2D eigenvalue weighted by molar-refractivity contribution is 0.0983. The largest absolute Gasteiger partial charge is 0.543 e. The van der Waals surface area contributed by atoms with E-state index in [4.69, 9.17) is 4.43 Å². The molecule has 2 rings (SSSR count). The van der Waals surface area contributed by atoms with Gasteiger partial charge in [-0.25, -0.2) is 0 Å². The van der Waals surface area contributed by atoms with E-state index in [1.165, 1.54) is 0 Å². The summed E-state index contributed by atoms with van der Waals surface area (Å²) in [7, 11) is -1.83. The Kier molecular flexibility index (Phi) is 5.65. The number of hydrogen-bond acceptors (Lipinski definition) is 2. The van der Waals surface area contributed by atoms with Gasteiger partial charge in [0.25, 0.3) is 0 Å². The van der Waals surface area contributed by atoms with Crippen molar-refractivity contribution in [3.63, 3.8) is 0 Å². The van der Waals surface area contributed by atoms with Crippen LogP contribution in [-0.2, 0) is 6.42 Å². The minimum Gasteiger partial charge on any atom is -0.543 e. The second-order valence-electron chi connectivity index (χ2n) is 7.80. The second kappa shape index (κ2) is 7.35. The van der Waals surface area contributed by atoms with Gasteiger partial charge in [0.1, 0.15) is 5.75 Å². The summed E-state index contributed by atoms with van der Waals surface area (Å²) in [5.74, 6) is 1.11. The van der Waals surface area contributed by atoms with E-state index in [-0.39, 0.29) is 10.8 Å². The number of ketones is 1. The first-order valence-electron chi connectivity index (χ1n) is 8.55. The molecule has 24 heavy (non-hydrogen) atoms. The molecule has 0 radical (unpaired) electrons. The van der Waals surface area contributed by atoms with Gasteiger partial charge >= 0.3 is 0 Å². The van der Waals surface area contributed by atoms with Gasteiger partial charge in [-0.15, -0.1) is 0 Å². The average Bonchev–Trinajstić information content (AvgIpc) is 2.52. The van der Waals surface area contributed by atoms with Crippen LogP contribution >= 0.6 is 0 Å². The summed E-state index contributed by atoms with van der Waals surface area (Å²) in [6, 6.07) is 17.7. The molecule has 128 valence electrons. The van der Waals surface area contributed by atoms with E-state index in [1.54, 1.807) is 0 Å². The lowest BCUT2D eigenvalue weighted by Crippen LogP contribution is -2.43. The van der Waals surface area contributed by atoms with Crippen molar-refractivity contribution in [2.75, 3.05) is 0 Å². The number of benzene rings is 2. The molecular weight excluding hydrogens is 312 g/mol. The second-order valence-corrected chi connectivity index (χ2v) is 12.5. The number of carbonyl (C=O) groups excluding carboxylic acids is 1. The Morgan fingerprint density at radius 1 is 1.00 bits per heavy atom. The minimum atomic E-state index is -1.83. The fraction of sp³-hybridized carbons (Fsp3) is 0.381. The Balaban J connectivity index is 2.02. The van der Waals surface area contributed by atoms with Crippen molar-refractivity contribution in [2.24, 2.45) is 0 Å². The molecular formula is C21H28O2Si. The molecule has 0 saturated heterocycles. The zero-order valence-electron chi connectivity index (χ0n) is 15.4. The van der Waals surface area contributed by atoms with E-state index in [9.17, 15) is 4.79 Å². The first-order chi connectivity index (χ1) is 11.2. The number of rotatable bonds is 6. The average molecular weight is 341 g/mol. The summed E-state index contributed by atoms with van der Waals surface area (Å²) >= 11 is 0. The molecule has 0 amide bonds. The third-order valence-electron chi connectivity index (χ3n) is 4.81. The molecule has 0 unspecified atom stereocenters. The molecule has 0 aliphatic carbocycles. The summed E-state index contributed by atoms with van der Waals surface area (Å²) in [6.07, 6.45) is 1.26. The lowest BCUT2D eigenvalue weighted by atomic mass is 10.0. The minimum absolute atomic E-state index is 0.173. The summed E-state index contributed by atoms with van der Waals surface area (Å²) in [4.78, 5) is 12.2. The fourth-order valence-corrected chi connectivity index (χ4v) is 3.26. The Labute approximate surface area is 147 Å². The molecule has 0 saturated carbocycles. The van der Waals surface area contributed by atoms with Crippen LogP contribution in [0.5, 0.6) is 5.75 Å². The van der Waals surface area contributed by atoms with E-state index < -0.39 is 8.32 Å². The molecule has 0 N–H and O–H groups in total. The first kappa shape index (κ1) is 18.5. The van der Waals surface area contributed by atoms with E-state index in [1.807, 2.05) is 42.5 Å². The molecule has 2 nitrogen and oxygen atoms in total. The van der Waals surface area contributed by atoms with Gasteiger partial charge in [0.05, 0.1) is 0 Å². The van der Waals surface area contributed by atoms with E-state index in [0.717, 1.165) is 23.3 Å². The Hall–Kier alpha value is -1.87. The lowest BCUT2D eigenvalue weighted by Gasteiger charge is -2.36. The van der Waals surface area contributed by atoms with Crippen LogP contribution in [0.3, 0.4) is 0 Å². The Morgan fingerprint density at radius 3 is 2.29 bits per heavy atom. The van der Waals surface area contributed by atoms with Crippen LogP contribution in [0.1, 0.15) is 43.1 Å². The van der Waals surface area contributed by atoms with Crippen molar-refractivity contribution < 1.29 is 9.22 Å². The molecule has 0 spiro atoms. The smallest absolute Gasteiger partial charge is 0.250 e. The molecule has 2 aromatic rings. The maximum Gasteiger partial charge on any atom is 0.250 e. The van der Waals surface area contributed by atoms with E-state index in [0.29, 0.717) is 6.42 Å². The number of carbonyl (C=O) groups is 1. The highest BCUT2D eigenvalue weighted by atomic mass is 28.4. The predicted molar refractivity (Wildman–Crippen MR) is 103 cm³/mol. The van der Waals surface area contributed by atoms with Gasteiger partial charge in [-0.1, -0.05) is 63.2 Å².